The van der Waals surface area contributed by atoms with Gasteiger partial charge < -0.3 is 5.73 Å². The molecule has 1 aliphatic carbocycles. The smallest absolute Gasteiger partial charge is 0.274 e. The number of halogens is 1. The first-order valence-corrected chi connectivity index (χ1v) is 7.60. The van der Waals surface area contributed by atoms with Gasteiger partial charge >= 0.3 is 0 Å². The van der Waals surface area contributed by atoms with E-state index in [1.807, 2.05) is 0 Å². The molecule has 4 nitrogen and oxygen atoms in total. The van der Waals surface area contributed by atoms with Crippen LogP contribution in [0.4, 0.5) is 5.69 Å². The lowest BCUT2D eigenvalue weighted by Gasteiger charge is -2.31. The number of nitro groups is 1. The van der Waals surface area contributed by atoms with E-state index in [0.717, 1.165) is 25.7 Å². The molecule has 110 valence electrons. The van der Waals surface area contributed by atoms with Crippen LogP contribution in [0.3, 0.4) is 0 Å². The molecular weight excluding hydrogens is 276 g/mol. The molecule has 2 N–H and O–H groups in total. The Labute approximate surface area is 124 Å². The van der Waals surface area contributed by atoms with E-state index in [9.17, 15) is 10.1 Å². The zero-order chi connectivity index (χ0) is 14.6. The first-order chi connectivity index (χ1) is 9.52. The van der Waals surface area contributed by atoms with E-state index in [4.69, 9.17) is 17.3 Å². The summed E-state index contributed by atoms with van der Waals surface area (Å²) in [7, 11) is 0. The predicted molar refractivity (Wildman–Crippen MR) is 81.0 cm³/mol. The molecule has 0 heterocycles. The number of nitrogens with two attached hydrogens (primary N) is 1. The Morgan fingerprint density at radius 3 is 2.40 bits per heavy atom. The lowest BCUT2D eigenvalue weighted by Crippen LogP contribution is -2.42. The highest BCUT2D eigenvalue weighted by atomic mass is 35.5. The number of rotatable bonds is 3. The molecule has 0 aromatic heterocycles. The Balaban J connectivity index is 2.25. The van der Waals surface area contributed by atoms with Crippen molar-refractivity contribution in [3.63, 3.8) is 0 Å². The van der Waals surface area contributed by atoms with Crippen LogP contribution in [0.15, 0.2) is 18.2 Å². The van der Waals surface area contributed by atoms with Gasteiger partial charge in [0.15, 0.2) is 0 Å². The summed E-state index contributed by atoms with van der Waals surface area (Å²) in [6.07, 6.45) is 8.16. The van der Waals surface area contributed by atoms with Crippen molar-refractivity contribution in [1.82, 2.24) is 0 Å². The summed E-state index contributed by atoms with van der Waals surface area (Å²) in [6.45, 7) is 0. The van der Waals surface area contributed by atoms with Gasteiger partial charge in [0.25, 0.3) is 5.69 Å². The average Bonchev–Trinajstić information content (AvgIpc) is 2.37. The maximum Gasteiger partial charge on any atom is 0.274 e. The quantitative estimate of drug-likeness (QED) is 0.670. The van der Waals surface area contributed by atoms with Crippen molar-refractivity contribution in [3.05, 3.63) is 38.9 Å². The Bertz CT molecular complexity index is 483. The van der Waals surface area contributed by atoms with Crippen LogP contribution in [-0.4, -0.2) is 10.5 Å². The molecule has 1 fully saturated rings. The number of nitro benzene ring substituents is 1. The van der Waals surface area contributed by atoms with E-state index in [-0.39, 0.29) is 16.1 Å². The van der Waals surface area contributed by atoms with Crippen molar-refractivity contribution in [3.8, 4) is 0 Å². The zero-order valence-electron chi connectivity index (χ0n) is 11.6. The summed E-state index contributed by atoms with van der Waals surface area (Å²) in [5.74, 6) is 0. The van der Waals surface area contributed by atoms with Crippen LogP contribution in [0.1, 0.15) is 50.5 Å². The Hall–Kier alpha value is -1.13. The fourth-order valence-electron chi connectivity index (χ4n) is 3.03. The molecular formula is C15H21ClN2O2. The third kappa shape index (κ3) is 3.70. The molecule has 0 amide bonds. The third-order valence-corrected chi connectivity index (χ3v) is 4.52. The van der Waals surface area contributed by atoms with E-state index in [0.29, 0.717) is 17.0 Å². The SMILES string of the molecule is NC1(Cc2c(Cl)cccc2[N+](=O)[O-])CCCCCCC1. The molecule has 0 atom stereocenters. The molecule has 5 heteroatoms. The lowest BCUT2D eigenvalue weighted by atomic mass is 9.80. The highest BCUT2D eigenvalue weighted by molar-refractivity contribution is 6.31. The summed E-state index contributed by atoms with van der Waals surface area (Å²) in [6, 6.07) is 4.83. The first kappa shape index (κ1) is 15.3. The Morgan fingerprint density at radius 2 is 1.80 bits per heavy atom. The predicted octanol–water partition coefficient (Wildman–Crippen LogP) is 4.23. The van der Waals surface area contributed by atoms with Gasteiger partial charge in [-0.1, -0.05) is 49.8 Å². The minimum atomic E-state index is -0.368. The van der Waals surface area contributed by atoms with Gasteiger partial charge in [0.2, 0.25) is 0 Å². The summed E-state index contributed by atoms with van der Waals surface area (Å²) in [5, 5.41) is 11.6. The van der Waals surface area contributed by atoms with E-state index in [1.165, 1.54) is 25.3 Å². The van der Waals surface area contributed by atoms with Crippen LogP contribution in [0, 0.1) is 10.1 Å². The van der Waals surface area contributed by atoms with Crippen LogP contribution >= 0.6 is 11.6 Å². The second kappa shape index (κ2) is 6.55. The van der Waals surface area contributed by atoms with E-state index in [1.54, 1.807) is 12.1 Å². The van der Waals surface area contributed by atoms with E-state index < -0.39 is 0 Å². The van der Waals surface area contributed by atoms with Crippen molar-refractivity contribution in [1.29, 1.82) is 0 Å². The summed E-state index contributed by atoms with van der Waals surface area (Å²) < 4.78 is 0. The van der Waals surface area contributed by atoms with Gasteiger partial charge in [0.05, 0.1) is 15.5 Å². The zero-order valence-corrected chi connectivity index (χ0v) is 12.4. The van der Waals surface area contributed by atoms with Gasteiger partial charge in [-0.15, -0.1) is 0 Å². The number of hydrogen-bond acceptors (Lipinski definition) is 3. The molecule has 1 aromatic carbocycles. The van der Waals surface area contributed by atoms with Crippen LogP contribution in [0.5, 0.6) is 0 Å². The molecule has 20 heavy (non-hydrogen) atoms. The summed E-state index contributed by atoms with van der Waals surface area (Å²) >= 11 is 6.17. The van der Waals surface area contributed by atoms with Crippen molar-refractivity contribution in [2.45, 2.75) is 56.9 Å². The number of hydrogen-bond donors (Lipinski definition) is 1. The number of benzene rings is 1. The molecule has 2 rings (SSSR count). The fourth-order valence-corrected chi connectivity index (χ4v) is 3.27. The van der Waals surface area contributed by atoms with Gasteiger partial charge in [-0.05, 0) is 25.3 Å². The van der Waals surface area contributed by atoms with E-state index in [2.05, 4.69) is 0 Å². The van der Waals surface area contributed by atoms with Gasteiger partial charge in [-0.3, -0.25) is 10.1 Å². The van der Waals surface area contributed by atoms with Crippen LogP contribution in [0.25, 0.3) is 0 Å². The standard InChI is InChI=1S/C15H21ClN2O2/c16-13-7-6-8-14(18(19)20)12(13)11-15(17)9-4-2-1-3-5-10-15/h6-8H,1-5,9-11,17H2. The molecule has 1 saturated carbocycles. The molecule has 0 saturated heterocycles. The minimum absolute atomic E-state index is 0.0874. The largest absolute Gasteiger partial charge is 0.325 e. The maximum atomic E-state index is 11.1. The molecule has 0 bridgehead atoms. The third-order valence-electron chi connectivity index (χ3n) is 4.17. The van der Waals surface area contributed by atoms with Gasteiger partial charge in [0, 0.05) is 11.6 Å². The average molecular weight is 297 g/mol. The molecule has 0 spiro atoms. The second-order valence-electron chi connectivity index (χ2n) is 5.80. The van der Waals surface area contributed by atoms with Crippen molar-refractivity contribution < 1.29 is 4.92 Å². The Morgan fingerprint density at radius 1 is 1.20 bits per heavy atom. The second-order valence-corrected chi connectivity index (χ2v) is 6.21. The molecule has 0 radical (unpaired) electrons. The molecule has 1 aliphatic rings. The van der Waals surface area contributed by atoms with Gasteiger partial charge in [-0.2, -0.15) is 0 Å². The Kier molecular flexibility index (Phi) is 5.00. The molecule has 0 aliphatic heterocycles. The minimum Gasteiger partial charge on any atom is -0.325 e. The highest BCUT2D eigenvalue weighted by Crippen LogP contribution is 2.34. The van der Waals surface area contributed by atoms with Crippen LogP contribution in [0.2, 0.25) is 5.02 Å². The van der Waals surface area contributed by atoms with Gasteiger partial charge in [0.1, 0.15) is 0 Å². The van der Waals surface area contributed by atoms with Crippen LogP contribution in [-0.2, 0) is 6.42 Å². The fraction of sp³-hybridized carbons (Fsp3) is 0.600. The monoisotopic (exact) mass is 296 g/mol. The topological polar surface area (TPSA) is 69.2 Å². The summed E-state index contributed by atoms with van der Waals surface area (Å²) in [4.78, 5) is 10.8. The van der Waals surface area contributed by atoms with Crippen molar-refractivity contribution >= 4 is 17.3 Å². The van der Waals surface area contributed by atoms with Crippen LogP contribution < -0.4 is 5.73 Å². The van der Waals surface area contributed by atoms with Gasteiger partial charge in [-0.25, -0.2) is 0 Å². The molecule has 1 aromatic rings. The normalized spacial score (nSPS) is 19.1. The van der Waals surface area contributed by atoms with Crippen molar-refractivity contribution in [2.75, 3.05) is 0 Å². The molecule has 0 unspecified atom stereocenters. The lowest BCUT2D eigenvalue weighted by molar-refractivity contribution is -0.385. The number of nitrogens with zero attached hydrogens (tertiary/aromatic N) is 1. The summed E-state index contributed by atoms with van der Waals surface area (Å²) in [5.41, 5.74) is 6.83. The van der Waals surface area contributed by atoms with E-state index >= 15 is 0 Å². The first-order valence-electron chi connectivity index (χ1n) is 7.22. The highest BCUT2D eigenvalue weighted by Gasteiger charge is 2.30. The van der Waals surface area contributed by atoms with Crippen molar-refractivity contribution in [2.24, 2.45) is 5.73 Å². The maximum absolute atomic E-state index is 11.1.